The third kappa shape index (κ3) is 3.01. The number of carboxylic acid groups (broad SMARTS) is 1. The molecule has 0 radical (unpaired) electrons. The molecule has 1 rings (SSSR count). The van der Waals surface area contributed by atoms with Crippen molar-refractivity contribution in [3.63, 3.8) is 0 Å². The minimum absolute atomic E-state index is 0.0670. The van der Waals surface area contributed by atoms with E-state index < -0.39 is 17.8 Å². The second kappa shape index (κ2) is 6.56. The lowest BCUT2D eigenvalue weighted by molar-refractivity contribution is -0.137. The van der Waals surface area contributed by atoms with Crippen molar-refractivity contribution in [2.45, 2.75) is 32.7 Å². The summed E-state index contributed by atoms with van der Waals surface area (Å²) < 4.78 is 24.4. The zero-order valence-electron chi connectivity index (χ0n) is 12.1. The highest BCUT2D eigenvalue weighted by atomic mass is 19.1. The maximum absolute atomic E-state index is 14.1. The van der Waals surface area contributed by atoms with Crippen LogP contribution in [0.5, 0.6) is 11.5 Å². The van der Waals surface area contributed by atoms with Gasteiger partial charge in [0, 0.05) is 29.2 Å². The molecule has 0 aliphatic carbocycles. The fourth-order valence-corrected chi connectivity index (χ4v) is 2.30. The lowest BCUT2D eigenvalue weighted by Crippen LogP contribution is -2.16. The van der Waals surface area contributed by atoms with Crippen LogP contribution in [0.2, 0.25) is 0 Å². The summed E-state index contributed by atoms with van der Waals surface area (Å²) in [5.41, 5.74) is 7.46. The molecule has 5 nitrogen and oxygen atoms in total. The van der Waals surface area contributed by atoms with Crippen molar-refractivity contribution < 1.29 is 23.8 Å². The number of carbonyl (C=O) groups is 1. The molecule has 0 fully saturated rings. The lowest BCUT2D eigenvalue weighted by atomic mass is 9.93. The maximum Gasteiger partial charge on any atom is 0.303 e. The topological polar surface area (TPSA) is 81.8 Å². The first-order valence-corrected chi connectivity index (χ1v) is 6.23. The fourth-order valence-electron chi connectivity index (χ4n) is 2.30. The van der Waals surface area contributed by atoms with Crippen LogP contribution in [0.1, 0.15) is 35.6 Å². The highest BCUT2D eigenvalue weighted by Gasteiger charge is 2.25. The van der Waals surface area contributed by atoms with Crippen molar-refractivity contribution in [3.8, 4) is 11.5 Å². The number of rotatable bonds is 6. The molecule has 0 aromatic heterocycles. The molecule has 1 aromatic carbocycles. The van der Waals surface area contributed by atoms with E-state index in [0.717, 1.165) is 0 Å². The van der Waals surface area contributed by atoms with Gasteiger partial charge in [0.05, 0.1) is 14.2 Å². The predicted molar refractivity (Wildman–Crippen MR) is 72.8 cm³/mol. The van der Waals surface area contributed by atoms with Gasteiger partial charge in [-0.1, -0.05) is 0 Å². The second-order valence-electron chi connectivity index (χ2n) is 4.58. The third-order valence-electron chi connectivity index (χ3n) is 3.31. The standard InChI is InChI=1S/C14H20FNO4/c1-7-11(9(16)5-6-10(17)18)13(19-3)8(2)12(15)14(7)20-4/h9H,5-6,16H2,1-4H3,(H,17,18). The summed E-state index contributed by atoms with van der Waals surface area (Å²) in [6, 6.07) is -0.561. The molecule has 0 bridgehead atoms. The van der Waals surface area contributed by atoms with Crippen LogP contribution in [0, 0.1) is 19.7 Å². The number of hydrogen-bond acceptors (Lipinski definition) is 4. The molecule has 0 saturated carbocycles. The first-order chi connectivity index (χ1) is 9.34. The summed E-state index contributed by atoms with van der Waals surface area (Å²) in [5.74, 6) is -0.957. The average Bonchev–Trinajstić information content (AvgIpc) is 2.40. The van der Waals surface area contributed by atoms with Crippen LogP contribution < -0.4 is 15.2 Å². The second-order valence-corrected chi connectivity index (χ2v) is 4.58. The molecule has 3 N–H and O–H groups in total. The van der Waals surface area contributed by atoms with Crippen molar-refractivity contribution in [3.05, 3.63) is 22.5 Å². The highest BCUT2D eigenvalue weighted by Crippen LogP contribution is 2.40. The largest absolute Gasteiger partial charge is 0.496 e. The van der Waals surface area contributed by atoms with Gasteiger partial charge in [0.2, 0.25) is 0 Å². The fraction of sp³-hybridized carbons (Fsp3) is 0.500. The van der Waals surface area contributed by atoms with E-state index in [0.29, 0.717) is 22.4 Å². The summed E-state index contributed by atoms with van der Waals surface area (Å²) in [6.45, 7) is 3.25. The molecule has 6 heteroatoms. The Labute approximate surface area is 117 Å². The number of carboxylic acids is 1. The van der Waals surface area contributed by atoms with Crippen LogP contribution in [-0.4, -0.2) is 25.3 Å². The first kappa shape index (κ1) is 16.2. The molecule has 112 valence electrons. The Balaban J connectivity index is 3.36. The predicted octanol–water partition coefficient (Wildman–Crippen LogP) is 2.32. The van der Waals surface area contributed by atoms with Gasteiger partial charge in [-0.25, -0.2) is 4.39 Å². The van der Waals surface area contributed by atoms with E-state index in [1.54, 1.807) is 13.8 Å². The van der Waals surface area contributed by atoms with Gasteiger partial charge in [-0.3, -0.25) is 4.79 Å². The molecule has 0 amide bonds. The van der Waals surface area contributed by atoms with Gasteiger partial charge in [-0.15, -0.1) is 0 Å². The number of ether oxygens (including phenoxy) is 2. The van der Waals surface area contributed by atoms with Crippen LogP contribution in [0.15, 0.2) is 0 Å². The zero-order valence-corrected chi connectivity index (χ0v) is 12.1. The van der Waals surface area contributed by atoms with Crippen LogP contribution in [0.25, 0.3) is 0 Å². The normalized spacial score (nSPS) is 12.1. The minimum atomic E-state index is -0.928. The van der Waals surface area contributed by atoms with E-state index in [9.17, 15) is 9.18 Å². The average molecular weight is 285 g/mol. The smallest absolute Gasteiger partial charge is 0.303 e. The number of halogens is 1. The van der Waals surface area contributed by atoms with Crippen molar-refractivity contribution in [2.75, 3.05) is 14.2 Å². The SMILES string of the molecule is COc1c(C)c(C(N)CCC(=O)O)c(OC)c(C)c1F. The van der Waals surface area contributed by atoms with E-state index >= 15 is 0 Å². The van der Waals surface area contributed by atoms with Gasteiger partial charge >= 0.3 is 5.97 Å². The Kier molecular flexibility index (Phi) is 5.33. The van der Waals surface area contributed by atoms with Gasteiger partial charge in [-0.05, 0) is 20.3 Å². The van der Waals surface area contributed by atoms with Crippen LogP contribution in [-0.2, 0) is 4.79 Å². The summed E-state index contributed by atoms with van der Waals surface area (Å²) in [5, 5.41) is 8.73. The number of hydrogen-bond donors (Lipinski definition) is 2. The first-order valence-electron chi connectivity index (χ1n) is 6.23. The van der Waals surface area contributed by atoms with E-state index in [1.165, 1.54) is 14.2 Å². The number of benzene rings is 1. The molecule has 0 aliphatic heterocycles. The number of nitrogens with two attached hydrogens (primary N) is 1. The molecular weight excluding hydrogens is 265 g/mol. The molecule has 0 aliphatic rings. The van der Waals surface area contributed by atoms with Crippen LogP contribution in [0.3, 0.4) is 0 Å². The van der Waals surface area contributed by atoms with E-state index in [4.69, 9.17) is 20.3 Å². The summed E-state index contributed by atoms with van der Waals surface area (Å²) in [7, 11) is 2.81. The lowest BCUT2D eigenvalue weighted by Gasteiger charge is -2.22. The van der Waals surface area contributed by atoms with Crippen LogP contribution >= 0.6 is 0 Å². The van der Waals surface area contributed by atoms with E-state index in [2.05, 4.69) is 0 Å². The maximum atomic E-state index is 14.1. The Hall–Kier alpha value is -1.82. The van der Waals surface area contributed by atoms with Gasteiger partial charge in [0.25, 0.3) is 0 Å². The monoisotopic (exact) mass is 285 g/mol. The van der Waals surface area contributed by atoms with Crippen molar-refractivity contribution in [1.82, 2.24) is 0 Å². The third-order valence-corrected chi connectivity index (χ3v) is 3.31. The molecule has 1 aromatic rings. The molecule has 0 heterocycles. The Bertz CT molecular complexity index is 517. The van der Waals surface area contributed by atoms with Crippen LogP contribution in [0.4, 0.5) is 4.39 Å². The Morgan fingerprint density at radius 2 is 1.80 bits per heavy atom. The van der Waals surface area contributed by atoms with Gasteiger partial charge in [0.15, 0.2) is 11.6 Å². The van der Waals surface area contributed by atoms with Gasteiger partial charge < -0.3 is 20.3 Å². The van der Waals surface area contributed by atoms with Gasteiger partial charge in [0.1, 0.15) is 5.75 Å². The Morgan fingerprint density at radius 3 is 2.25 bits per heavy atom. The molecule has 1 atom stereocenters. The molecule has 20 heavy (non-hydrogen) atoms. The summed E-state index contributed by atoms with van der Waals surface area (Å²) >= 11 is 0. The quantitative estimate of drug-likeness (QED) is 0.838. The zero-order chi connectivity index (χ0) is 15.4. The van der Waals surface area contributed by atoms with Crippen molar-refractivity contribution >= 4 is 5.97 Å². The number of methoxy groups -OCH3 is 2. The molecule has 0 saturated heterocycles. The highest BCUT2D eigenvalue weighted by molar-refractivity contribution is 5.67. The number of aliphatic carboxylic acids is 1. The molecule has 0 spiro atoms. The minimum Gasteiger partial charge on any atom is -0.496 e. The van der Waals surface area contributed by atoms with Gasteiger partial charge in [-0.2, -0.15) is 0 Å². The van der Waals surface area contributed by atoms with Crippen molar-refractivity contribution in [1.29, 1.82) is 0 Å². The molecule has 1 unspecified atom stereocenters. The van der Waals surface area contributed by atoms with Crippen molar-refractivity contribution in [2.24, 2.45) is 5.73 Å². The Morgan fingerprint density at radius 1 is 1.25 bits per heavy atom. The summed E-state index contributed by atoms with van der Waals surface area (Å²) in [6.07, 6.45) is 0.170. The molecular formula is C14H20FNO4. The summed E-state index contributed by atoms with van der Waals surface area (Å²) in [4.78, 5) is 10.6. The van der Waals surface area contributed by atoms with E-state index in [1.807, 2.05) is 0 Å². The van der Waals surface area contributed by atoms with E-state index in [-0.39, 0.29) is 18.6 Å².